The van der Waals surface area contributed by atoms with E-state index in [2.05, 4.69) is 10.2 Å². The Morgan fingerprint density at radius 2 is 1.88 bits per heavy atom. The fourth-order valence-electron chi connectivity index (χ4n) is 2.62. The van der Waals surface area contributed by atoms with Crippen molar-refractivity contribution in [1.82, 2.24) is 4.90 Å². The minimum absolute atomic E-state index is 0.0226. The van der Waals surface area contributed by atoms with E-state index >= 15 is 0 Å². The van der Waals surface area contributed by atoms with E-state index in [0.717, 1.165) is 22.7 Å². The number of hydrogen-bond acceptors (Lipinski definition) is 5. The molecular weight excluding hydrogens is 348 g/mol. The summed E-state index contributed by atoms with van der Waals surface area (Å²) in [7, 11) is 3.24. The van der Waals surface area contributed by atoms with Gasteiger partial charge in [0, 0.05) is 17.1 Å². The first-order valence-electron chi connectivity index (χ1n) is 8.46. The van der Waals surface area contributed by atoms with Crippen molar-refractivity contribution in [3.05, 3.63) is 48.0 Å². The van der Waals surface area contributed by atoms with Crippen LogP contribution in [0.25, 0.3) is 0 Å². The summed E-state index contributed by atoms with van der Waals surface area (Å²) in [6.45, 7) is 3.80. The van der Waals surface area contributed by atoms with Gasteiger partial charge < -0.3 is 14.8 Å². The summed E-state index contributed by atoms with van der Waals surface area (Å²) in [6.07, 6.45) is 2.02. The van der Waals surface area contributed by atoms with Crippen molar-refractivity contribution in [3.8, 4) is 11.5 Å². The molecule has 6 heteroatoms. The number of hydrogen-bond donors (Lipinski definition) is 1. The molecule has 0 heterocycles. The van der Waals surface area contributed by atoms with Crippen LogP contribution in [-0.4, -0.2) is 44.4 Å². The second-order valence-electron chi connectivity index (χ2n) is 5.77. The monoisotopic (exact) mass is 374 g/mol. The van der Waals surface area contributed by atoms with Gasteiger partial charge in [0.25, 0.3) is 0 Å². The molecule has 0 aliphatic rings. The van der Waals surface area contributed by atoms with Gasteiger partial charge in [-0.15, -0.1) is 11.8 Å². The molecular formula is C20H26N2O3S. The molecule has 1 amide bonds. The van der Waals surface area contributed by atoms with Gasteiger partial charge in [-0.25, -0.2) is 0 Å². The van der Waals surface area contributed by atoms with Crippen molar-refractivity contribution >= 4 is 23.4 Å². The van der Waals surface area contributed by atoms with Gasteiger partial charge in [0.15, 0.2) is 11.5 Å². The Bertz CT molecular complexity index is 737. The largest absolute Gasteiger partial charge is 0.493 e. The first kappa shape index (κ1) is 20.1. The number of benzene rings is 2. The summed E-state index contributed by atoms with van der Waals surface area (Å²) < 4.78 is 10.6. The third-order valence-electron chi connectivity index (χ3n) is 4.02. The van der Waals surface area contributed by atoms with Crippen LogP contribution in [0.1, 0.15) is 12.5 Å². The minimum atomic E-state index is -0.0226. The number of likely N-dealkylation sites (N-methyl/N-ethyl adjacent to an activating group) is 1. The number of carbonyl (C=O) groups excluding carboxylic acids is 1. The molecule has 1 N–H and O–H groups in total. The molecule has 2 rings (SSSR count). The summed E-state index contributed by atoms with van der Waals surface area (Å²) in [5, 5.41) is 2.97. The minimum Gasteiger partial charge on any atom is -0.493 e. The van der Waals surface area contributed by atoms with E-state index in [1.54, 1.807) is 26.0 Å². The first-order chi connectivity index (χ1) is 12.6. The van der Waals surface area contributed by atoms with Crippen molar-refractivity contribution in [1.29, 1.82) is 0 Å². The highest BCUT2D eigenvalue weighted by atomic mass is 32.2. The van der Waals surface area contributed by atoms with Crippen molar-refractivity contribution < 1.29 is 14.3 Å². The molecule has 2 aromatic carbocycles. The predicted octanol–water partition coefficient (Wildman–Crippen LogP) is 3.89. The number of rotatable bonds is 9. The van der Waals surface area contributed by atoms with E-state index in [1.807, 2.05) is 55.6 Å². The normalized spacial score (nSPS) is 10.7. The second kappa shape index (κ2) is 10.1. The van der Waals surface area contributed by atoms with Crippen LogP contribution in [0.4, 0.5) is 5.69 Å². The van der Waals surface area contributed by atoms with Gasteiger partial charge in [-0.2, -0.15) is 0 Å². The van der Waals surface area contributed by atoms with Crippen LogP contribution >= 0.6 is 11.8 Å². The van der Waals surface area contributed by atoms with Gasteiger partial charge in [0.1, 0.15) is 0 Å². The molecule has 0 aliphatic carbocycles. The lowest BCUT2D eigenvalue weighted by atomic mass is 10.2. The number of thioether (sulfide) groups is 1. The Balaban J connectivity index is 1.99. The van der Waals surface area contributed by atoms with Gasteiger partial charge in [-0.3, -0.25) is 9.69 Å². The van der Waals surface area contributed by atoms with Crippen LogP contribution in [0, 0.1) is 0 Å². The van der Waals surface area contributed by atoms with Crippen molar-refractivity contribution in [2.75, 3.05) is 38.9 Å². The van der Waals surface area contributed by atoms with Gasteiger partial charge >= 0.3 is 0 Å². The van der Waals surface area contributed by atoms with Crippen LogP contribution in [0.15, 0.2) is 47.4 Å². The van der Waals surface area contributed by atoms with E-state index < -0.39 is 0 Å². The lowest BCUT2D eigenvalue weighted by Crippen LogP contribution is -2.32. The fraction of sp³-hybridized carbons (Fsp3) is 0.350. The maximum Gasteiger partial charge on any atom is 0.238 e. The van der Waals surface area contributed by atoms with E-state index in [-0.39, 0.29) is 5.91 Å². The zero-order chi connectivity index (χ0) is 18.9. The highest BCUT2D eigenvalue weighted by Crippen LogP contribution is 2.28. The average Bonchev–Trinajstić information content (AvgIpc) is 2.67. The number of carbonyl (C=O) groups is 1. The molecule has 0 spiro atoms. The molecule has 0 aromatic heterocycles. The van der Waals surface area contributed by atoms with Crippen LogP contribution < -0.4 is 14.8 Å². The predicted molar refractivity (Wildman–Crippen MR) is 107 cm³/mol. The quantitative estimate of drug-likeness (QED) is 0.675. The molecule has 0 unspecified atom stereocenters. The summed E-state index contributed by atoms with van der Waals surface area (Å²) in [4.78, 5) is 15.6. The van der Waals surface area contributed by atoms with E-state index in [0.29, 0.717) is 24.6 Å². The number of ether oxygens (including phenoxy) is 2. The maximum atomic E-state index is 12.4. The molecule has 0 aliphatic heterocycles. The first-order valence-corrected chi connectivity index (χ1v) is 9.69. The van der Waals surface area contributed by atoms with E-state index in [4.69, 9.17) is 9.47 Å². The molecule has 0 saturated heterocycles. The summed E-state index contributed by atoms with van der Waals surface area (Å²) in [6, 6.07) is 13.7. The smallest absolute Gasteiger partial charge is 0.238 e. The second-order valence-corrected chi connectivity index (χ2v) is 6.65. The van der Waals surface area contributed by atoms with Crippen molar-refractivity contribution in [3.63, 3.8) is 0 Å². The summed E-state index contributed by atoms with van der Waals surface area (Å²) in [5.74, 6) is 1.37. The number of nitrogens with zero attached hydrogens (tertiary/aromatic N) is 1. The zero-order valence-electron chi connectivity index (χ0n) is 15.7. The molecule has 0 radical (unpaired) electrons. The van der Waals surface area contributed by atoms with Gasteiger partial charge in [-0.05, 0) is 48.7 Å². The molecule has 140 valence electrons. The standard InChI is InChI=1S/C20H26N2O3S/c1-5-22(13-15-9-10-18(24-2)19(11-15)25-3)14-20(23)21-16-7-6-8-17(12-16)26-4/h6-12H,5,13-14H2,1-4H3,(H,21,23). The molecule has 2 aromatic rings. The van der Waals surface area contributed by atoms with Crippen LogP contribution in [0.5, 0.6) is 11.5 Å². The van der Waals surface area contributed by atoms with Gasteiger partial charge in [0.05, 0.1) is 20.8 Å². The summed E-state index contributed by atoms with van der Waals surface area (Å²) >= 11 is 1.65. The van der Waals surface area contributed by atoms with E-state index in [9.17, 15) is 4.79 Å². The lowest BCUT2D eigenvalue weighted by Gasteiger charge is -2.20. The molecule has 0 atom stereocenters. The fourth-order valence-corrected chi connectivity index (χ4v) is 3.08. The SMILES string of the molecule is CCN(CC(=O)Nc1cccc(SC)c1)Cc1ccc(OC)c(OC)c1. The number of amides is 1. The molecule has 0 saturated carbocycles. The molecule has 0 fully saturated rings. The van der Waals surface area contributed by atoms with Crippen LogP contribution in [0.2, 0.25) is 0 Å². The van der Waals surface area contributed by atoms with Crippen molar-refractivity contribution in [2.24, 2.45) is 0 Å². The number of nitrogens with one attached hydrogen (secondary N) is 1. The average molecular weight is 375 g/mol. The molecule has 26 heavy (non-hydrogen) atoms. The Kier molecular flexibility index (Phi) is 7.81. The number of anilines is 1. The van der Waals surface area contributed by atoms with Crippen molar-refractivity contribution in [2.45, 2.75) is 18.4 Å². The Hall–Kier alpha value is -2.18. The third-order valence-corrected chi connectivity index (χ3v) is 4.75. The Morgan fingerprint density at radius 3 is 2.54 bits per heavy atom. The molecule has 0 bridgehead atoms. The van der Waals surface area contributed by atoms with Crippen LogP contribution in [-0.2, 0) is 11.3 Å². The highest BCUT2D eigenvalue weighted by Gasteiger charge is 2.12. The van der Waals surface area contributed by atoms with Gasteiger partial charge in [-0.1, -0.05) is 19.1 Å². The third kappa shape index (κ3) is 5.68. The summed E-state index contributed by atoms with van der Waals surface area (Å²) in [5.41, 5.74) is 1.89. The highest BCUT2D eigenvalue weighted by molar-refractivity contribution is 7.98. The number of methoxy groups -OCH3 is 2. The molecule has 5 nitrogen and oxygen atoms in total. The topological polar surface area (TPSA) is 50.8 Å². The van der Waals surface area contributed by atoms with Crippen LogP contribution in [0.3, 0.4) is 0 Å². The Morgan fingerprint density at radius 1 is 1.12 bits per heavy atom. The lowest BCUT2D eigenvalue weighted by molar-refractivity contribution is -0.117. The zero-order valence-corrected chi connectivity index (χ0v) is 16.6. The Labute approximate surface area is 159 Å². The van der Waals surface area contributed by atoms with E-state index in [1.165, 1.54) is 0 Å². The maximum absolute atomic E-state index is 12.4. The van der Waals surface area contributed by atoms with Gasteiger partial charge in [0.2, 0.25) is 5.91 Å².